The fraction of sp³-hybridized carbons (Fsp3) is 0.500. The Morgan fingerprint density at radius 1 is 1.42 bits per heavy atom. The van der Waals surface area contributed by atoms with E-state index in [-0.39, 0.29) is 12.5 Å². The summed E-state index contributed by atoms with van der Waals surface area (Å²) in [7, 11) is 0. The summed E-state index contributed by atoms with van der Waals surface area (Å²) in [6, 6.07) is 7.37. The molecule has 0 amide bonds. The molecule has 0 aliphatic carbocycles. The molecule has 5 nitrogen and oxygen atoms in total. The first-order chi connectivity index (χ1) is 8.94. The number of ether oxygens (including phenoxy) is 2. The van der Waals surface area contributed by atoms with Crippen LogP contribution in [0.3, 0.4) is 0 Å². The molecule has 0 aromatic heterocycles. The molecule has 0 spiro atoms. The highest BCUT2D eigenvalue weighted by Crippen LogP contribution is 2.22. The molecule has 1 aromatic carbocycles. The van der Waals surface area contributed by atoms with Crippen molar-refractivity contribution in [1.29, 1.82) is 0 Å². The predicted molar refractivity (Wildman–Crippen MR) is 71.2 cm³/mol. The molecule has 19 heavy (non-hydrogen) atoms. The molecule has 1 fully saturated rings. The standard InChI is InChI=1S/C14H19NO4/c1-14(2)18-9-12(19-14)8-15-11-5-3-10(4-6-11)7-13(16)17/h3-6,12,15H,7-9H2,1-2H3,(H,16,17)/t12-/m0/s1. The zero-order valence-electron chi connectivity index (χ0n) is 11.2. The van der Waals surface area contributed by atoms with E-state index in [2.05, 4.69) is 5.32 Å². The molecule has 1 saturated heterocycles. The van der Waals surface area contributed by atoms with Crippen LogP contribution in [-0.4, -0.2) is 36.1 Å². The topological polar surface area (TPSA) is 67.8 Å². The minimum atomic E-state index is -0.820. The molecule has 1 atom stereocenters. The van der Waals surface area contributed by atoms with E-state index >= 15 is 0 Å². The van der Waals surface area contributed by atoms with Crippen molar-refractivity contribution >= 4 is 11.7 Å². The maximum atomic E-state index is 10.6. The molecule has 0 radical (unpaired) electrons. The Morgan fingerprint density at radius 2 is 2.11 bits per heavy atom. The molecular formula is C14H19NO4. The normalized spacial score (nSPS) is 21.3. The van der Waals surface area contributed by atoms with E-state index in [9.17, 15) is 4.79 Å². The highest BCUT2D eigenvalue weighted by molar-refractivity contribution is 5.70. The summed E-state index contributed by atoms with van der Waals surface area (Å²) in [5.74, 6) is -1.32. The Hall–Kier alpha value is -1.59. The number of hydrogen-bond donors (Lipinski definition) is 2. The van der Waals surface area contributed by atoms with Crippen LogP contribution in [0.15, 0.2) is 24.3 Å². The van der Waals surface area contributed by atoms with Crippen LogP contribution < -0.4 is 5.32 Å². The maximum absolute atomic E-state index is 10.6. The second-order valence-corrected chi connectivity index (χ2v) is 5.10. The lowest BCUT2D eigenvalue weighted by Crippen LogP contribution is -2.25. The van der Waals surface area contributed by atoms with Gasteiger partial charge in [-0.25, -0.2) is 0 Å². The monoisotopic (exact) mass is 265 g/mol. The molecule has 2 N–H and O–H groups in total. The molecule has 2 rings (SSSR count). The molecule has 1 aliphatic heterocycles. The van der Waals surface area contributed by atoms with Gasteiger partial charge in [-0.2, -0.15) is 0 Å². The zero-order chi connectivity index (χ0) is 13.9. The van der Waals surface area contributed by atoms with Crippen LogP contribution in [0.1, 0.15) is 19.4 Å². The average molecular weight is 265 g/mol. The molecule has 0 unspecified atom stereocenters. The summed E-state index contributed by atoms with van der Waals surface area (Å²) in [5.41, 5.74) is 1.74. The quantitative estimate of drug-likeness (QED) is 0.850. The number of carboxylic acids is 1. The smallest absolute Gasteiger partial charge is 0.307 e. The number of anilines is 1. The Balaban J connectivity index is 1.82. The summed E-state index contributed by atoms with van der Waals surface area (Å²) >= 11 is 0. The van der Waals surface area contributed by atoms with Crippen molar-refractivity contribution in [3.05, 3.63) is 29.8 Å². The maximum Gasteiger partial charge on any atom is 0.307 e. The minimum Gasteiger partial charge on any atom is -0.481 e. The van der Waals surface area contributed by atoms with E-state index in [1.165, 1.54) is 0 Å². The Bertz CT molecular complexity index is 441. The van der Waals surface area contributed by atoms with Gasteiger partial charge >= 0.3 is 5.97 Å². The van der Waals surface area contributed by atoms with Gasteiger partial charge in [0.1, 0.15) is 6.10 Å². The van der Waals surface area contributed by atoms with E-state index in [0.717, 1.165) is 11.3 Å². The van der Waals surface area contributed by atoms with Gasteiger partial charge in [0.2, 0.25) is 0 Å². The van der Waals surface area contributed by atoms with Crippen molar-refractivity contribution in [3.8, 4) is 0 Å². The van der Waals surface area contributed by atoms with E-state index < -0.39 is 11.8 Å². The molecule has 1 aliphatic rings. The number of aliphatic carboxylic acids is 1. The van der Waals surface area contributed by atoms with E-state index in [1.54, 1.807) is 0 Å². The summed E-state index contributed by atoms with van der Waals surface area (Å²) in [6.45, 7) is 5.04. The molecule has 0 saturated carbocycles. The van der Waals surface area contributed by atoms with Crippen LogP contribution in [0.2, 0.25) is 0 Å². The molecule has 1 heterocycles. The third-order valence-corrected chi connectivity index (χ3v) is 2.91. The van der Waals surface area contributed by atoms with Gasteiger partial charge in [0.15, 0.2) is 5.79 Å². The van der Waals surface area contributed by atoms with E-state index in [1.807, 2.05) is 38.1 Å². The Kier molecular flexibility index (Phi) is 4.07. The van der Waals surface area contributed by atoms with E-state index in [0.29, 0.717) is 13.2 Å². The highest BCUT2D eigenvalue weighted by Gasteiger charge is 2.32. The Labute approximate surface area is 112 Å². The van der Waals surface area contributed by atoms with Crippen molar-refractivity contribution in [2.45, 2.75) is 32.2 Å². The van der Waals surface area contributed by atoms with Crippen molar-refractivity contribution in [2.24, 2.45) is 0 Å². The van der Waals surface area contributed by atoms with Crippen molar-refractivity contribution in [2.75, 3.05) is 18.5 Å². The lowest BCUT2D eigenvalue weighted by atomic mass is 10.1. The lowest BCUT2D eigenvalue weighted by molar-refractivity contribution is -0.137. The predicted octanol–water partition coefficient (Wildman–Crippen LogP) is 1.88. The van der Waals surface area contributed by atoms with Gasteiger partial charge in [0.25, 0.3) is 0 Å². The van der Waals surface area contributed by atoms with Crippen molar-refractivity contribution in [3.63, 3.8) is 0 Å². The number of benzene rings is 1. The largest absolute Gasteiger partial charge is 0.481 e. The van der Waals surface area contributed by atoms with Crippen molar-refractivity contribution < 1.29 is 19.4 Å². The van der Waals surface area contributed by atoms with Gasteiger partial charge in [-0.3, -0.25) is 4.79 Å². The molecule has 5 heteroatoms. The number of carboxylic acid groups (broad SMARTS) is 1. The van der Waals surface area contributed by atoms with Crippen LogP contribution in [-0.2, 0) is 20.7 Å². The molecular weight excluding hydrogens is 246 g/mol. The van der Waals surface area contributed by atoms with E-state index in [4.69, 9.17) is 14.6 Å². The fourth-order valence-electron chi connectivity index (χ4n) is 2.01. The van der Waals surface area contributed by atoms with Gasteiger partial charge in [-0.15, -0.1) is 0 Å². The summed E-state index contributed by atoms with van der Waals surface area (Å²) in [6.07, 6.45) is 0.0855. The molecule has 1 aromatic rings. The summed E-state index contributed by atoms with van der Waals surface area (Å²) in [4.78, 5) is 10.6. The number of nitrogens with one attached hydrogen (secondary N) is 1. The molecule has 0 bridgehead atoms. The second kappa shape index (κ2) is 5.59. The lowest BCUT2D eigenvalue weighted by Gasteiger charge is -2.17. The zero-order valence-corrected chi connectivity index (χ0v) is 11.2. The highest BCUT2D eigenvalue weighted by atomic mass is 16.7. The Morgan fingerprint density at radius 3 is 2.63 bits per heavy atom. The van der Waals surface area contributed by atoms with Crippen LogP contribution in [0.25, 0.3) is 0 Å². The third-order valence-electron chi connectivity index (χ3n) is 2.91. The SMILES string of the molecule is CC1(C)OC[C@H](CNc2ccc(CC(=O)O)cc2)O1. The first-order valence-electron chi connectivity index (χ1n) is 6.31. The number of carbonyl (C=O) groups is 1. The van der Waals surface area contributed by atoms with Crippen LogP contribution >= 0.6 is 0 Å². The van der Waals surface area contributed by atoms with Crippen LogP contribution in [0.5, 0.6) is 0 Å². The van der Waals surface area contributed by atoms with Gasteiger partial charge in [0.05, 0.1) is 13.0 Å². The average Bonchev–Trinajstić information content (AvgIpc) is 2.67. The number of rotatable bonds is 5. The van der Waals surface area contributed by atoms with Gasteiger partial charge in [0, 0.05) is 12.2 Å². The van der Waals surface area contributed by atoms with Crippen molar-refractivity contribution in [1.82, 2.24) is 0 Å². The molecule has 104 valence electrons. The first kappa shape index (κ1) is 13.8. The van der Waals surface area contributed by atoms with Crippen LogP contribution in [0, 0.1) is 0 Å². The third kappa shape index (κ3) is 4.22. The first-order valence-corrected chi connectivity index (χ1v) is 6.31. The fourth-order valence-corrected chi connectivity index (χ4v) is 2.01. The van der Waals surface area contributed by atoms with Gasteiger partial charge in [-0.1, -0.05) is 12.1 Å². The van der Waals surface area contributed by atoms with Gasteiger partial charge < -0.3 is 19.9 Å². The number of hydrogen-bond acceptors (Lipinski definition) is 4. The summed E-state index contributed by atoms with van der Waals surface area (Å²) in [5, 5.41) is 11.9. The van der Waals surface area contributed by atoms with Crippen LogP contribution in [0.4, 0.5) is 5.69 Å². The second-order valence-electron chi connectivity index (χ2n) is 5.10. The summed E-state index contributed by atoms with van der Waals surface area (Å²) < 4.78 is 11.2. The minimum absolute atomic E-state index is 0.0358. The van der Waals surface area contributed by atoms with Gasteiger partial charge in [-0.05, 0) is 31.5 Å².